The van der Waals surface area contributed by atoms with Crippen LogP contribution in [0, 0.1) is 5.92 Å². The number of carbonyl (C=O) groups is 1. The Morgan fingerprint density at radius 2 is 2.07 bits per heavy atom. The monoisotopic (exact) mass is 204 g/mol. The molecular formula is C13H16O2. The first-order valence-electron chi connectivity index (χ1n) is 5.46. The van der Waals surface area contributed by atoms with Crippen molar-refractivity contribution in [2.75, 3.05) is 0 Å². The number of rotatable bonds is 2. The zero-order valence-electron chi connectivity index (χ0n) is 9.19. The summed E-state index contributed by atoms with van der Waals surface area (Å²) in [4.78, 5) is 11.5. The van der Waals surface area contributed by atoms with Crippen LogP contribution in [0.25, 0.3) is 0 Å². The molecule has 2 nitrogen and oxygen atoms in total. The molecule has 0 N–H and O–H groups in total. The smallest absolute Gasteiger partial charge is 0.309 e. The van der Waals surface area contributed by atoms with Gasteiger partial charge in [-0.2, -0.15) is 0 Å². The second-order valence-electron chi connectivity index (χ2n) is 4.24. The van der Waals surface area contributed by atoms with Crippen LogP contribution in [-0.2, 0) is 15.1 Å². The summed E-state index contributed by atoms with van der Waals surface area (Å²) in [5.41, 5.74) is 0.739. The van der Waals surface area contributed by atoms with Crippen LogP contribution >= 0.6 is 0 Å². The van der Waals surface area contributed by atoms with Crippen LogP contribution < -0.4 is 0 Å². The van der Waals surface area contributed by atoms with Crippen LogP contribution in [0.1, 0.15) is 32.3 Å². The fraction of sp³-hybridized carbons (Fsp3) is 0.462. The van der Waals surface area contributed by atoms with E-state index in [1.54, 1.807) is 0 Å². The third kappa shape index (κ3) is 1.65. The lowest BCUT2D eigenvalue weighted by Gasteiger charge is -2.26. The molecule has 0 saturated carbocycles. The number of benzene rings is 1. The fourth-order valence-corrected chi connectivity index (χ4v) is 2.25. The van der Waals surface area contributed by atoms with E-state index in [9.17, 15) is 4.79 Å². The molecule has 0 aromatic heterocycles. The van der Waals surface area contributed by atoms with Crippen molar-refractivity contribution in [1.82, 2.24) is 0 Å². The van der Waals surface area contributed by atoms with E-state index in [-0.39, 0.29) is 17.5 Å². The van der Waals surface area contributed by atoms with Crippen LogP contribution in [0.15, 0.2) is 30.3 Å². The van der Waals surface area contributed by atoms with Crippen molar-refractivity contribution < 1.29 is 9.53 Å². The minimum atomic E-state index is -0.377. The number of ether oxygens (including phenoxy) is 1. The summed E-state index contributed by atoms with van der Waals surface area (Å²) >= 11 is 0. The average molecular weight is 204 g/mol. The molecule has 1 fully saturated rings. The van der Waals surface area contributed by atoms with Crippen molar-refractivity contribution >= 4 is 5.97 Å². The fourth-order valence-electron chi connectivity index (χ4n) is 2.25. The lowest BCUT2D eigenvalue weighted by atomic mass is 9.86. The first kappa shape index (κ1) is 10.2. The largest absolute Gasteiger partial charge is 0.454 e. The maximum absolute atomic E-state index is 11.5. The Bertz CT molecular complexity index is 358. The van der Waals surface area contributed by atoms with E-state index in [2.05, 4.69) is 6.92 Å². The molecule has 1 aliphatic heterocycles. The number of carbonyl (C=O) groups excluding carboxylic acids is 1. The molecule has 0 spiro atoms. The quantitative estimate of drug-likeness (QED) is 0.692. The van der Waals surface area contributed by atoms with E-state index in [1.165, 1.54) is 0 Å². The summed E-state index contributed by atoms with van der Waals surface area (Å²) in [5.74, 6) is -0.0501. The van der Waals surface area contributed by atoms with Gasteiger partial charge < -0.3 is 4.74 Å². The molecule has 2 rings (SSSR count). The minimum absolute atomic E-state index is 0.0187. The van der Waals surface area contributed by atoms with Crippen molar-refractivity contribution in [3.05, 3.63) is 35.9 Å². The summed E-state index contributed by atoms with van der Waals surface area (Å²) in [6.07, 6.45) is 1.64. The molecule has 1 heterocycles. The first-order chi connectivity index (χ1) is 7.18. The number of hydrogen-bond donors (Lipinski definition) is 0. The zero-order chi connectivity index (χ0) is 10.9. The van der Waals surface area contributed by atoms with E-state index < -0.39 is 0 Å². The van der Waals surface area contributed by atoms with Gasteiger partial charge in [0.05, 0.1) is 5.92 Å². The highest BCUT2D eigenvalue weighted by Gasteiger charge is 2.44. The van der Waals surface area contributed by atoms with Crippen LogP contribution in [0.2, 0.25) is 0 Å². The van der Waals surface area contributed by atoms with E-state index in [0.29, 0.717) is 0 Å². The molecule has 0 radical (unpaired) electrons. The van der Waals surface area contributed by atoms with E-state index >= 15 is 0 Å². The van der Waals surface area contributed by atoms with Crippen LogP contribution in [0.5, 0.6) is 0 Å². The standard InChI is InChI=1S/C13H16O2/c1-3-13(9-10(2)12(14)15-13)11-7-5-4-6-8-11/h4-8,10H,3,9H2,1-2H3/t10-,13-/m0/s1. The predicted octanol–water partition coefficient (Wildman–Crippen LogP) is 2.87. The van der Waals surface area contributed by atoms with Crippen molar-refractivity contribution in [3.8, 4) is 0 Å². The Morgan fingerprint density at radius 3 is 2.53 bits per heavy atom. The first-order valence-corrected chi connectivity index (χ1v) is 5.46. The van der Waals surface area contributed by atoms with Gasteiger partial charge in [-0.3, -0.25) is 4.79 Å². The molecule has 80 valence electrons. The highest BCUT2D eigenvalue weighted by atomic mass is 16.6. The van der Waals surface area contributed by atoms with Gasteiger partial charge in [0.2, 0.25) is 0 Å². The molecule has 15 heavy (non-hydrogen) atoms. The van der Waals surface area contributed by atoms with Crippen molar-refractivity contribution in [3.63, 3.8) is 0 Å². The highest BCUT2D eigenvalue weighted by molar-refractivity contribution is 5.75. The van der Waals surface area contributed by atoms with Gasteiger partial charge >= 0.3 is 5.97 Å². The van der Waals surface area contributed by atoms with Crippen LogP contribution in [0.3, 0.4) is 0 Å². The van der Waals surface area contributed by atoms with E-state index in [4.69, 9.17) is 4.74 Å². The summed E-state index contributed by atoms with van der Waals surface area (Å²) in [6.45, 7) is 4.00. The second kappa shape index (κ2) is 3.69. The van der Waals surface area contributed by atoms with Crippen molar-refractivity contribution in [2.24, 2.45) is 5.92 Å². The maximum Gasteiger partial charge on any atom is 0.309 e. The summed E-state index contributed by atoms with van der Waals surface area (Å²) in [7, 11) is 0. The average Bonchev–Trinajstić information content (AvgIpc) is 2.57. The van der Waals surface area contributed by atoms with Gasteiger partial charge in [-0.1, -0.05) is 44.2 Å². The molecule has 2 heteroatoms. The van der Waals surface area contributed by atoms with Crippen LogP contribution in [0.4, 0.5) is 0 Å². The molecule has 0 aliphatic carbocycles. The minimum Gasteiger partial charge on any atom is -0.454 e. The third-order valence-corrected chi connectivity index (χ3v) is 3.21. The van der Waals surface area contributed by atoms with Gasteiger partial charge in [0.25, 0.3) is 0 Å². The molecular weight excluding hydrogens is 188 g/mol. The van der Waals surface area contributed by atoms with Gasteiger partial charge in [0.15, 0.2) is 0 Å². The normalized spacial score (nSPS) is 30.3. The molecule has 0 bridgehead atoms. The molecule has 0 amide bonds. The number of cyclic esters (lactones) is 1. The van der Waals surface area contributed by atoms with Gasteiger partial charge in [-0.05, 0) is 12.0 Å². The third-order valence-electron chi connectivity index (χ3n) is 3.21. The van der Waals surface area contributed by atoms with E-state index in [0.717, 1.165) is 18.4 Å². The molecule has 2 atom stereocenters. The van der Waals surface area contributed by atoms with Gasteiger partial charge in [0, 0.05) is 6.42 Å². The lowest BCUT2D eigenvalue weighted by Crippen LogP contribution is -2.24. The molecule has 1 aliphatic rings. The highest BCUT2D eigenvalue weighted by Crippen LogP contribution is 2.42. The topological polar surface area (TPSA) is 26.3 Å². The molecule has 1 saturated heterocycles. The summed E-state index contributed by atoms with van der Waals surface area (Å²) in [5, 5.41) is 0. The van der Waals surface area contributed by atoms with Gasteiger partial charge in [0.1, 0.15) is 5.60 Å². The Kier molecular flexibility index (Phi) is 2.51. The Morgan fingerprint density at radius 1 is 1.40 bits per heavy atom. The Labute approximate surface area is 90.3 Å². The van der Waals surface area contributed by atoms with Gasteiger partial charge in [-0.25, -0.2) is 0 Å². The van der Waals surface area contributed by atoms with Crippen molar-refractivity contribution in [1.29, 1.82) is 0 Å². The van der Waals surface area contributed by atoms with Crippen molar-refractivity contribution in [2.45, 2.75) is 32.3 Å². The predicted molar refractivity (Wildman–Crippen MR) is 58.3 cm³/mol. The number of hydrogen-bond acceptors (Lipinski definition) is 2. The Hall–Kier alpha value is -1.31. The molecule has 0 unspecified atom stereocenters. The lowest BCUT2D eigenvalue weighted by molar-refractivity contribution is -0.151. The molecule has 1 aromatic carbocycles. The van der Waals surface area contributed by atoms with Gasteiger partial charge in [-0.15, -0.1) is 0 Å². The molecule has 1 aromatic rings. The summed E-state index contributed by atoms with van der Waals surface area (Å²) < 4.78 is 5.56. The maximum atomic E-state index is 11.5. The SMILES string of the molecule is CC[C@@]1(c2ccccc2)C[C@H](C)C(=O)O1. The Balaban J connectivity index is 2.36. The second-order valence-corrected chi connectivity index (χ2v) is 4.24. The number of esters is 1. The van der Waals surface area contributed by atoms with E-state index in [1.807, 2.05) is 37.3 Å². The zero-order valence-corrected chi connectivity index (χ0v) is 9.19. The summed E-state index contributed by atoms with van der Waals surface area (Å²) in [6, 6.07) is 10.0. The van der Waals surface area contributed by atoms with Crippen LogP contribution in [-0.4, -0.2) is 5.97 Å².